The molecule has 2 fully saturated rings. The monoisotopic (exact) mass is 513 g/mol. The normalized spacial score (nSPS) is 23.5. The van der Waals surface area contributed by atoms with E-state index in [0.717, 1.165) is 11.6 Å². The fraction of sp³-hybridized carbons (Fsp3) is 0.517. The first kappa shape index (κ1) is 27.0. The van der Waals surface area contributed by atoms with Crippen LogP contribution in [0.5, 0.6) is 0 Å². The highest BCUT2D eigenvalue weighted by Gasteiger charge is 2.44. The number of likely N-dealkylation sites (tertiary alicyclic amines) is 1. The van der Waals surface area contributed by atoms with Crippen molar-refractivity contribution in [1.82, 2.24) is 14.7 Å². The fourth-order valence-corrected chi connectivity index (χ4v) is 5.66. The Morgan fingerprint density at radius 3 is 2.35 bits per heavy atom. The number of rotatable bonds is 3. The lowest BCUT2D eigenvalue weighted by Gasteiger charge is -2.37. The molecule has 200 valence electrons. The van der Waals surface area contributed by atoms with E-state index in [0.29, 0.717) is 51.1 Å². The first-order valence-electron chi connectivity index (χ1n) is 13.0. The maximum absolute atomic E-state index is 14.9. The van der Waals surface area contributed by atoms with Crippen molar-refractivity contribution < 1.29 is 23.1 Å². The van der Waals surface area contributed by atoms with Crippen molar-refractivity contribution in [3.05, 3.63) is 71.3 Å². The minimum atomic E-state index is -0.630. The van der Waals surface area contributed by atoms with Crippen molar-refractivity contribution in [1.29, 1.82) is 0 Å². The van der Waals surface area contributed by atoms with Crippen LogP contribution in [0, 0.1) is 17.6 Å². The number of benzene rings is 2. The Morgan fingerprint density at radius 2 is 1.70 bits per heavy atom. The molecule has 3 atom stereocenters. The molecule has 1 unspecified atom stereocenters. The van der Waals surface area contributed by atoms with E-state index in [1.807, 2.05) is 35.2 Å². The first-order valence-corrected chi connectivity index (χ1v) is 13.0. The quantitative estimate of drug-likeness (QED) is 0.566. The smallest absolute Gasteiger partial charge is 0.410 e. The second-order valence-electron chi connectivity index (χ2n) is 11.0. The summed E-state index contributed by atoms with van der Waals surface area (Å²) in [6.07, 6.45) is 0.982. The van der Waals surface area contributed by atoms with E-state index in [1.165, 1.54) is 19.2 Å². The van der Waals surface area contributed by atoms with Gasteiger partial charge in [-0.25, -0.2) is 13.6 Å². The van der Waals surface area contributed by atoms with Crippen LogP contribution < -0.4 is 0 Å². The van der Waals surface area contributed by atoms with E-state index in [2.05, 4.69) is 25.7 Å². The van der Waals surface area contributed by atoms with Crippen LogP contribution in [0.4, 0.5) is 13.6 Å². The molecule has 2 aliphatic rings. The third kappa shape index (κ3) is 5.95. The third-order valence-electron chi connectivity index (χ3n) is 7.75. The average Bonchev–Trinajstić information content (AvgIpc) is 3.30. The molecule has 4 rings (SSSR count). The number of nitrogens with zero attached hydrogens (tertiary/aromatic N) is 3. The Hall–Kier alpha value is -3.00. The Balaban J connectivity index is 1.57. The van der Waals surface area contributed by atoms with Gasteiger partial charge in [-0.1, -0.05) is 36.4 Å². The van der Waals surface area contributed by atoms with Gasteiger partial charge < -0.3 is 9.64 Å². The molecule has 2 amide bonds. The fourth-order valence-electron chi connectivity index (χ4n) is 5.66. The predicted octanol–water partition coefficient (Wildman–Crippen LogP) is 5.21. The molecular formula is C29H37F2N3O3. The molecule has 2 aromatic rings. The zero-order chi connectivity index (χ0) is 26.7. The number of halogens is 2. The number of carbonyl (C=O) groups excluding carboxylic acids is 2. The molecular weight excluding hydrogens is 476 g/mol. The number of methoxy groups -OCH3 is 1. The molecule has 0 saturated carbocycles. The topological polar surface area (TPSA) is 53.1 Å². The van der Waals surface area contributed by atoms with Crippen molar-refractivity contribution in [3.8, 4) is 0 Å². The van der Waals surface area contributed by atoms with Crippen LogP contribution in [0.2, 0.25) is 0 Å². The van der Waals surface area contributed by atoms with Gasteiger partial charge in [0.05, 0.1) is 19.1 Å². The number of hydrogen-bond acceptors (Lipinski definition) is 4. The van der Waals surface area contributed by atoms with E-state index in [-0.39, 0.29) is 23.4 Å². The standard InChI is InChI=1S/C29H37F2N3O3/c1-29(2,3)33-18-23(22-13-12-21(30)17-25(22)31)24(19-33)27(35)32-14-8-11-26(20-9-6-5-7-10-20)34(16-15-32)28(36)37-4/h5-7,9-10,12-13,17,23-24,26H,8,11,14-16,18-19H2,1-4H3/t23-,24+,26?/m0/s1. The van der Waals surface area contributed by atoms with Crippen LogP contribution in [-0.4, -0.2) is 72.1 Å². The summed E-state index contributed by atoms with van der Waals surface area (Å²) in [5, 5.41) is 0. The van der Waals surface area contributed by atoms with Gasteiger partial charge in [-0.05, 0) is 50.8 Å². The minimum absolute atomic E-state index is 0.0524. The average molecular weight is 514 g/mol. The van der Waals surface area contributed by atoms with Gasteiger partial charge >= 0.3 is 6.09 Å². The van der Waals surface area contributed by atoms with Crippen LogP contribution in [0.3, 0.4) is 0 Å². The van der Waals surface area contributed by atoms with Crippen molar-refractivity contribution >= 4 is 12.0 Å². The van der Waals surface area contributed by atoms with Gasteiger partial charge in [-0.3, -0.25) is 14.6 Å². The summed E-state index contributed by atoms with van der Waals surface area (Å²) >= 11 is 0. The number of ether oxygens (including phenoxy) is 1. The first-order chi connectivity index (χ1) is 17.6. The lowest BCUT2D eigenvalue weighted by Crippen LogP contribution is -2.48. The SMILES string of the molecule is COC(=O)N1CCN(C(=O)[C@@H]2CN(C(C)(C)C)C[C@H]2c2ccc(F)cc2F)CCCC1c1ccccc1. The second kappa shape index (κ2) is 11.2. The van der Waals surface area contributed by atoms with Crippen LogP contribution in [0.15, 0.2) is 48.5 Å². The molecule has 0 aromatic heterocycles. The molecule has 2 heterocycles. The summed E-state index contributed by atoms with van der Waals surface area (Å²) in [5.74, 6) is -2.15. The summed E-state index contributed by atoms with van der Waals surface area (Å²) in [6.45, 7) is 8.49. The molecule has 2 aromatic carbocycles. The third-order valence-corrected chi connectivity index (χ3v) is 7.75. The zero-order valence-corrected chi connectivity index (χ0v) is 22.1. The van der Waals surface area contributed by atoms with Gasteiger partial charge in [-0.15, -0.1) is 0 Å². The van der Waals surface area contributed by atoms with E-state index in [9.17, 15) is 18.4 Å². The number of amides is 2. The van der Waals surface area contributed by atoms with Crippen molar-refractivity contribution in [3.63, 3.8) is 0 Å². The van der Waals surface area contributed by atoms with E-state index >= 15 is 0 Å². The van der Waals surface area contributed by atoms with Crippen molar-refractivity contribution in [2.75, 3.05) is 39.8 Å². The Morgan fingerprint density at radius 1 is 0.973 bits per heavy atom. The van der Waals surface area contributed by atoms with E-state index in [1.54, 1.807) is 4.90 Å². The lowest BCUT2D eigenvalue weighted by atomic mass is 9.87. The molecule has 6 nitrogen and oxygen atoms in total. The molecule has 0 bridgehead atoms. The zero-order valence-electron chi connectivity index (χ0n) is 22.1. The van der Waals surface area contributed by atoms with Gasteiger partial charge in [0.25, 0.3) is 0 Å². The van der Waals surface area contributed by atoms with Gasteiger partial charge in [0, 0.05) is 50.2 Å². The predicted molar refractivity (Wildman–Crippen MR) is 138 cm³/mol. The summed E-state index contributed by atoms with van der Waals surface area (Å²) < 4.78 is 33.6. The molecule has 0 radical (unpaired) electrons. The number of carbonyl (C=O) groups is 2. The maximum Gasteiger partial charge on any atom is 0.410 e. The molecule has 8 heteroatoms. The van der Waals surface area contributed by atoms with Crippen LogP contribution >= 0.6 is 0 Å². The molecule has 2 aliphatic heterocycles. The Labute approximate surface area is 218 Å². The van der Waals surface area contributed by atoms with Gasteiger partial charge in [-0.2, -0.15) is 0 Å². The maximum atomic E-state index is 14.9. The van der Waals surface area contributed by atoms with Gasteiger partial charge in [0.1, 0.15) is 11.6 Å². The molecule has 2 saturated heterocycles. The Kier molecular flexibility index (Phi) is 8.17. The van der Waals surface area contributed by atoms with Crippen LogP contribution in [0.1, 0.15) is 56.7 Å². The highest BCUT2D eigenvalue weighted by molar-refractivity contribution is 5.81. The molecule has 0 N–H and O–H groups in total. The van der Waals surface area contributed by atoms with E-state index in [4.69, 9.17) is 4.74 Å². The van der Waals surface area contributed by atoms with Crippen molar-refractivity contribution in [2.45, 2.75) is 51.1 Å². The largest absolute Gasteiger partial charge is 0.453 e. The molecule has 0 aliphatic carbocycles. The second-order valence-corrected chi connectivity index (χ2v) is 11.0. The Bertz CT molecular complexity index is 1110. The molecule has 37 heavy (non-hydrogen) atoms. The van der Waals surface area contributed by atoms with Gasteiger partial charge in [0.2, 0.25) is 5.91 Å². The molecule has 0 spiro atoms. The summed E-state index contributed by atoms with van der Waals surface area (Å²) in [5.41, 5.74) is 1.21. The van der Waals surface area contributed by atoms with Crippen molar-refractivity contribution in [2.24, 2.45) is 5.92 Å². The van der Waals surface area contributed by atoms with Crippen LogP contribution in [0.25, 0.3) is 0 Å². The number of hydrogen-bond donors (Lipinski definition) is 0. The lowest BCUT2D eigenvalue weighted by molar-refractivity contribution is -0.136. The highest BCUT2D eigenvalue weighted by Crippen LogP contribution is 2.39. The highest BCUT2D eigenvalue weighted by atomic mass is 19.1. The van der Waals surface area contributed by atoms with E-state index < -0.39 is 23.6 Å². The minimum Gasteiger partial charge on any atom is -0.453 e. The summed E-state index contributed by atoms with van der Waals surface area (Å²) in [4.78, 5) is 32.4. The van der Waals surface area contributed by atoms with Crippen LogP contribution in [-0.2, 0) is 9.53 Å². The van der Waals surface area contributed by atoms with Gasteiger partial charge in [0.15, 0.2) is 0 Å². The summed E-state index contributed by atoms with van der Waals surface area (Å²) in [7, 11) is 1.37. The summed E-state index contributed by atoms with van der Waals surface area (Å²) in [6, 6.07) is 13.4.